The first-order chi connectivity index (χ1) is 4.34. The van der Waals surface area contributed by atoms with Crippen LogP contribution in [-0.4, -0.2) is 30.2 Å². The summed E-state index contributed by atoms with van der Waals surface area (Å²) in [6.07, 6.45) is 0. The molecule has 0 radical (unpaired) electrons. The summed E-state index contributed by atoms with van der Waals surface area (Å²) < 4.78 is 5.01. The summed E-state index contributed by atoms with van der Waals surface area (Å²) in [7, 11) is 1.66. The Hall–Kier alpha value is 0.266. The second-order valence-corrected chi connectivity index (χ2v) is 1.90. The maximum atomic E-state index is 5.01. The summed E-state index contributed by atoms with van der Waals surface area (Å²) in [6.45, 7) is 2.01. The van der Waals surface area contributed by atoms with Crippen molar-refractivity contribution in [1.82, 2.24) is 0 Å². The van der Waals surface area contributed by atoms with E-state index in [-0.39, 0.29) is 40.0 Å². The third-order valence-corrected chi connectivity index (χ3v) is 1.25. The van der Waals surface area contributed by atoms with Crippen LogP contribution in [0, 0.1) is 13.0 Å². The number of benzene rings is 1. The first-order valence-corrected chi connectivity index (χ1v) is 2.85. The van der Waals surface area contributed by atoms with Gasteiger partial charge in [0.05, 0.1) is 7.11 Å². The molecule has 0 unspecified atom stereocenters. The Morgan fingerprint density at radius 1 is 1.45 bits per heavy atom. The number of ether oxygens (including phenoxy) is 1. The van der Waals surface area contributed by atoms with Crippen LogP contribution in [0.5, 0.6) is 5.75 Å². The Bertz CT molecular complexity index is 203. The van der Waals surface area contributed by atoms with Crippen molar-refractivity contribution in [3.8, 4) is 5.75 Å². The van der Waals surface area contributed by atoms with Crippen LogP contribution >= 0.6 is 0 Å². The van der Waals surface area contributed by atoms with Gasteiger partial charge >= 0.3 is 23.1 Å². The molecule has 3 heteroatoms. The average Bonchev–Trinajstić information content (AvgIpc) is 1.89. The van der Waals surface area contributed by atoms with E-state index >= 15 is 0 Å². The van der Waals surface area contributed by atoms with Gasteiger partial charge in [0, 0.05) is 5.75 Å². The minimum Gasteiger partial charge on any atom is -1.00 e. The molecule has 0 aliphatic carbocycles. The van der Waals surface area contributed by atoms with Crippen LogP contribution in [0.1, 0.15) is 5.56 Å². The zero-order valence-electron chi connectivity index (χ0n) is 6.73. The van der Waals surface area contributed by atoms with Gasteiger partial charge < -0.3 is 21.7 Å². The second kappa shape index (κ2) is 6.94. The average molecular weight is 225 g/mol. The third-order valence-electron chi connectivity index (χ3n) is 1.25. The van der Waals surface area contributed by atoms with Gasteiger partial charge in [-0.05, 0) is 0 Å². The van der Waals surface area contributed by atoms with E-state index in [0.717, 1.165) is 11.3 Å². The minimum absolute atomic E-state index is 0. The van der Waals surface area contributed by atoms with Crippen molar-refractivity contribution in [2.45, 2.75) is 6.92 Å². The zero-order valence-corrected chi connectivity index (χ0v) is 9.73. The first kappa shape index (κ1) is 13.8. The van der Waals surface area contributed by atoms with Gasteiger partial charge in [0.2, 0.25) is 0 Å². The van der Waals surface area contributed by atoms with Crippen LogP contribution in [0.2, 0.25) is 0 Å². The predicted octanol–water partition coefficient (Wildman–Crippen LogP) is -1.57. The molecule has 0 atom stereocenters. The summed E-state index contributed by atoms with van der Waals surface area (Å²) in [5.74, 6) is 0.900. The van der Waals surface area contributed by atoms with E-state index in [1.807, 2.05) is 25.1 Å². The molecule has 1 nitrogen and oxygen atoms in total. The third kappa shape index (κ3) is 3.99. The van der Waals surface area contributed by atoms with E-state index < -0.39 is 0 Å². The Morgan fingerprint density at radius 3 is 2.45 bits per heavy atom. The van der Waals surface area contributed by atoms with Crippen LogP contribution in [0.15, 0.2) is 18.2 Å². The maximum Gasteiger partial charge on any atom is 2.00 e. The van der Waals surface area contributed by atoms with Crippen molar-refractivity contribution in [1.29, 1.82) is 0 Å². The molecule has 0 aliphatic heterocycles. The predicted molar refractivity (Wildman–Crippen MR) is 42.3 cm³/mol. The Kier molecular flexibility index (Phi) is 8.73. The number of hydrogen-bond donors (Lipinski definition) is 0. The van der Waals surface area contributed by atoms with Crippen LogP contribution in [0.4, 0.5) is 0 Å². The van der Waals surface area contributed by atoms with Crippen molar-refractivity contribution in [2.75, 3.05) is 7.11 Å². The van der Waals surface area contributed by atoms with Gasteiger partial charge in [0.1, 0.15) is 0 Å². The molecule has 0 aliphatic rings. The van der Waals surface area contributed by atoms with Crippen molar-refractivity contribution in [3.05, 3.63) is 29.8 Å². The summed E-state index contributed by atoms with van der Waals surface area (Å²) in [5, 5.41) is 0. The molecule has 0 saturated heterocycles. The van der Waals surface area contributed by atoms with Gasteiger partial charge in [0.15, 0.2) is 0 Å². The van der Waals surface area contributed by atoms with Gasteiger partial charge in [-0.1, -0.05) is 6.92 Å². The minimum atomic E-state index is 0. The molecule has 11 heavy (non-hydrogen) atoms. The number of halogens is 1. The first-order valence-electron chi connectivity index (χ1n) is 2.85. The van der Waals surface area contributed by atoms with E-state index in [1.165, 1.54) is 0 Å². The number of methoxy groups -OCH3 is 1. The van der Waals surface area contributed by atoms with Crippen LogP contribution in [-0.2, 0) is 0 Å². The summed E-state index contributed by atoms with van der Waals surface area (Å²) >= 11 is 0. The molecule has 0 bridgehead atoms. The smallest absolute Gasteiger partial charge is 1.00 e. The molecular formula is C8H9BrMgO. The standard InChI is InChI=1S/C8H9O.BrH.Mg/c1-7-5-3-4-6-8(7)9-2;;/h3,5-6H,1-2H3;1H;/q-1;;+2/p-1. The van der Waals surface area contributed by atoms with Crippen molar-refractivity contribution >= 4 is 23.1 Å². The maximum absolute atomic E-state index is 5.01. The van der Waals surface area contributed by atoms with Gasteiger partial charge in [-0.2, -0.15) is 18.2 Å². The molecule has 0 aromatic heterocycles. The van der Waals surface area contributed by atoms with E-state index in [0.29, 0.717) is 0 Å². The van der Waals surface area contributed by atoms with Crippen molar-refractivity contribution in [3.63, 3.8) is 0 Å². The number of aryl methyl sites for hydroxylation is 1. The molecule has 0 spiro atoms. The fourth-order valence-electron chi connectivity index (χ4n) is 0.713. The van der Waals surface area contributed by atoms with Gasteiger partial charge in [0.25, 0.3) is 0 Å². The molecule has 56 valence electrons. The quantitative estimate of drug-likeness (QED) is 0.414. The normalized spacial score (nSPS) is 7.45. The number of hydrogen-bond acceptors (Lipinski definition) is 1. The van der Waals surface area contributed by atoms with E-state index in [2.05, 4.69) is 6.07 Å². The molecular weight excluding hydrogens is 216 g/mol. The van der Waals surface area contributed by atoms with Gasteiger partial charge in [-0.25, -0.2) is 0 Å². The molecule has 0 heterocycles. The summed E-state index contributed by atoms with van der Waals surface area (Å²) in [4.78, 5) is 0. The monoisotopic (exact) mass is 224 g/mol. The van der Waals surface area contributed by atoms with Crippen molar-refractivity contribution in [2.24, 2.45) is 0 Å². The summed E-state index contributed by atoms with van der Waals surface area (Å²) in [5.41, 5.74) is 1.15. The van der Waals surface area contributed by atoms with Gasteiger partial charge in [-0.3, -0.25) is 0 Å². The molecule has 0 saturated carbocycles. The van der Waals surface area contributed by atoms with Gasteiger partial charge in [-0.15, -0.1) is 11.6 Å². The summed E-state index contributed by atoms with van der Waals surface area (Å²) in [6, 6.07) is 8.60. The van der Waals surface area contributed by atoms with Crippen LogP contribution in [0.25, 0.3) is 0 Å². The molecule has 1 aromatic rings. The zero-order chi connectivity index (χ0) is 6.69. The SMILES string of the molecule is COc1c[c-]ccc1C.[Br-].[Mg+2]. The molecule has 0 N–H and O–H groups in total. The number of rotatable bonds is 1. The fraction of sp³-hybridized carbons (Fsp3) is 0.250. The Morgan fingerprint density at radius 2 is 2.09 bits per heavy atom. The largest absolute Gasteiger partial charge is 2.00 e. The van der Waals surface area contributed by atoms with Crippen LogP contribution in [0.3, 0.4) is 0 Å². The molecule has 0 fully saturated rings. The van der Waals surface area contributed by atoms with E-state index in [4.69, 9.17) is 4.74 Å². The Labute approximate surface area is 94.1 Å². The Balaban J connectivity index is 0. The molecule has 1 rings (SSSR count). The topological polar surface area (TPSA) is 9.23 Å². The van der Waals surface area contributed by atoms with E-state index in [9.17, 15) is 0 Å². The molecule has 1 aromatic carbocycles. The van der Waals surface area contributed by atoms with Crippen LogP contribution < -0.4 is 21.7 Å². The second-order valence-electron chi connectivity index (χ2n) is 1.90. The molecule has 0 amide bonds. The van der Waals surface area contributed by atoms with Crippen molar-refractivity contribution < 1.29 is 21.7 Å². The van der Waals surface area contributed by atoms with E-state index in [1.54, 1.807) is 7.11 Å². The fourth-order valence-corrected chi connectivity index (χ4v) is 0.713.